The first-order chi connectivity index (χ1) is 11.8. The second-order valence-corrected chi connectivity index (χ2v) is 6.95. The van der Waals surface area contributed by atoms with Gasteiger partial charge in [0, 0.05) is 35.2 Å². The quantitative estimate of drug-likeness (QED) is 0.744. The van der Waals surface area contributed by atoms with E-state index in [1.807, 2.05) is 18.3 Å². The first kappa shape index (κ1) is 15.5. The third kappa shape index (κ3) is 3.55. The number of aromatic amines is 1. The minimum absolute atomic E-state index is 0.482. The van der Waals surface area contributed by atoms with Crippen molar-refractivity contribution >= 4 is 28.2 Å². The van der Waals surface area contributed by atoms with Crippen LogP contribution in [-0.2, 0) is 6.54 Å². The van der Waals surface area contributed by atoms with E-state index in [1.165, 1.54) is 24.1 Å². The topological polar surface area (TPSA) is 44.0 Å². The second-order valence-electron chi connectivity index (χ2n) is 6.52. The Kier molecular flexibility index (Phi) is 4.41. The van der Waals surface area contributed by atoms with Crippen molar-refractivity contribution in [1.82, 2.24) is 15.1 Å². The number of rotatable bonds is 4. The zero-order chi connectivity index (χ0) is 16.4. The highest BCUT2D eigenvalue weighted by Crippen LogP contribution is 2.21. The van der Waals surface area contributed by atoms with Gasteiger partial charge in [0.2, 0.25) is 0 Å². The highest BCUT2D eigenvalue weighted by atomic mass is 35.5. The lowest BCUT2D eigenvalue weighted by Crippen LogP contribution is -2.41. The van der Waals surface area contributed by atoms with Crippen molar-refractivity contribution in [2.24, 2.45) is 0 Å². The lowest BCUT2D eigenvalue weighted by Gasteiger charge is -2.33. The molecule has 0 amide bonds. The highest BCUT2D eigenvalue weighted by molar-refractivity contribution is 6.30. The van der Waals surface area contributed by atoms with E-state index in [0.29, 0.717) is 6.04 Å². The molecular weight excluding hydrogens is 320 g/mol. The van der Waals surface area contributed by atoms with Crippen molar-refractivity contribution in [3.63, 3.8) is 0 Å². The van der Waals surface area contributed by atoms with Crippen LogP contribution < -0.4 is 5.32 Å². The number of piperidine rings is 1. The van der Waals surface area contributed by atoms with E-state index in [2.05, 4.69) is 50.7 Å². The number of benzene rings is 2. The fourth-order valence-electron chi connectivity index (χ4n) is 3.43. The van der Waals surface area contributed by atoms with E-state index in [4.69, 9.17) is 11.6 Å². The van der Waals surface area contributed by atoms with Crippen LogP contribution in [0.2, 0.25) is 5.02 Å². The fraction of sp³-hybridized carbons (Fsp3) is 0.316. The first-order valence-electron chi connectivity index (χ1n) is 8.43. The molecule has 24 heavy (non-hydrogen) atoms. The maximum absolute atomic E-state index is 5.97. The van der Waals surface area contributed by atoms with Gasteiger partial charge < -0.3 is 5.32 Å². The number of anilines is 1. The van der Waals surface area contributed by atoms with Gasteiger partial charge in [0.25, 0.3) is 0 Å². The number of likely N-dealkylation sites (tertiary alicyclic amines) is 1. The molecule has 124 valence electrons. The maximum Gasteiger partial charge on any atom is 0.0651 e. The summed E-state index contributed by atoms with van der Waals surface area (Å²) in [4.78, 5) is 2.51. The monoisotopic (exact) mass is 340 g/mol. The number of nitrogens with one attached hydrogen (secondary N) is 2. The van der Waals surface area contributed by atoms with E-state index in [-0.39, 0.29) is 0 Å². The Morgan fingerprint density at radius 3 is 2.96 bits per heavy atom. The number of fused-ring (bicyclic) bond motifs is 1. The molecule has 1 aliphatic heterocycles. The molecule has 1 fully saturated rings. The Balaban J connectivity index is 1.39. The largest absolute Gasteiger partial charge is 0.381 e. The third-order valence-electron chi connectivity index (χ3n) is 4.64. The smallest absolute Gasteiger partial charge is 0.0651 e. The molecule has 2 N–H and O–H groups in total. The van der Waals surface area contributed by atoms with Gasteiger partial charge in [0.1, 0.15) is 0 Å². The molecule has 4 nitrogen and oxygen atoms in total. The zero-order valence-electron chi connectivity index (χ0n) is 13.5. The number of aromatic nitrogens is 2. The molecular formula is C19H21ClN4. The van der Waals surface area contributed by atoms with E-state index < -0.39 is 0 Å². The molecule has 0 spiro atoms. The summed E-state index contributed by atoms with van der Waals surface area (Å²) in [7, 11) is 0. The van der Waals surface area contributed by atoms with Gasteiger partial charge in [-0.05, 0) is 55.3 Å². The Morgan fingerprint density at radius 2 is 2.08 bits per heavy atom. The van der Waals surface area contributed by atoms with Gasteiger partial charge >= 0.3 is 0 Å². The molecule has 1 saturated heterocycles. The van der Waals surface area contributed by atoms with E-state index in [9.17, 15) is 0 Å². The van der Waals surface area contributed by atoms with Crippen LogP contribution >= 0.6 is 11.6 Å². The van der Waals surface area contributed by atoms with Crippen LogP contribution in [0.25, 0.3) is 10.9 Å². The summed E-state index contributed by atoms with van der Waals surface area (Å²) in [5, 5.41) is 12.7. The molecule has 1 atom stereocenters. The van der Waals surface area contributed by atoms with Crippen molar-refractivity contribution in [2.75, 3.05) is 18.4 Å². The third-order valence-corrected chi connectivity index (χ3v) is 4.89. The molecule has 0 aliphatic carbocycles. The minimum atomic E-state index is 0.482. The Morgan fingerprint density at radius 1 is 1.21 bits per heavy atom. The van der Waals surface area contributed by atoms with Crippen molar-refractivity contribution < 1.29 is 0 Å². The first-order valence-corrected chi connectivity index (χ1v) is 8.80. The van der Waals surface area contributed by atoms with Crippen LogP contribution in [0.3, 0.4) is 0 Å². The number of H-pyrrole nitrogens is 1. The number of hydrogen-bond donors (Lipinski definition) is 2. The van der Waals surface area contributed by atoms with E-state index in [0.717, 1.165) is 35.6 Å². The maximum atomic E-state index is 5.97. The van der Waals surface area contributed by atoms with Gasteiger partial charge in [-0.25, -0.2) is 0 Å². The summed E-state index contributed by atoms with van der Waals surface area (Å²) in [6.45, 7) is 3.20. The summed E-state index contributed by atoms with van der Waals surface area (Å²) in [6, 6.07) is 15.0. The summed E-state index contributed by atoms with van der Waals surface area (Å²) >= 11 is 5.97. The van der Waals surface area contributed by atoms with Crippen molar-refractivity contribution in [3.05, 3.63) is 59.2 Å². The molecule has 2 aromatic carbocycles. The minimum Gasteiger partial charge on any atom is -0.381 e. The van der Waals surface area contributed by atoms with Gasteiger partial charge in [0.15, 0.2) is 0 Å². The summed E-state index contributed by atoms with van der Waals surface area (Å²) in [5.74, 6) is 0. The Labute approximate surface area is 146 Å². The zero-order valence-corrected chi connectivity index (χ0v) is 14.3. The highest BCUT2D eigenvalue weighted by Gasteiger charge is 2.20. The van der Waals surface area contributed by atoms with Gasteiger partial charge in [-0.1, -0.05) is 23.7 Å². The molecule has 2 heterocycles. The van der Waals surface area contributed by atoms with Gasteiger partial charge in [-0.3, -0.25) is 10.00 Å². The Bertz CT molecular complexity index is 812. The number of nitrogens with zero attached hydrogens (tertiary/aromatic N) is 2. The van der Waals surface area contributed by atoms with Gasteiger partial charge in [0.05, 0.1) is 11.7 Å². The van der Waals surface area contributed by atoms with Crippen LogP contribution in [0.4, 0.5) is 5.69 Å². The standard InChI is InChI=1S/C19H21ClN4/c20-16-5-3-14(4-6-16)12-24-9-1-2-18(13-24)22-17-7-8-19-15(10-17)11-21-23-19/h3-8,10-11,18,22H,1-2,9,12-13H2,(H,21,23)/t18-/m1/s1. The van der Waals surface area contributed by atoms with Crippen LogP contribution in [0.1, 0.15) is 18.4 Å². The van der Waals surface area contributed by atoms with Crippen LogP contribution in [0.15, 0.2) is 48.7 Å². The Hall–Kier alpha value is -2.04. The van der Waals surface area contributed by atoms with Crippen LogP contribution in [-0.4, -0.2) is 34.2 Å². The van der Waals surface area contributed by atoms with E-state index >= 15 is 0 Å². The predicted molar refractivity (Wildman–Crippen MR) is 99.5 cm³/mol. The van der Waals surface area contributed by atoms with E-state index in [1.54, 1.807) is 0 Å². The normalized spacial score (nSPS) is 18.8. The van der Waals surface area contributed by atoms with Gasteiger partial charge in [-0.2, -0.15) is 5.10 Å². The van der Waals surface area contributed by atoms with Crippen LogP contribution in [0.5, 0.6) is 0 Å². The molecule has 0 radical (unpaired) electrons. The van der Waals surface area contributed by atoms with Crippen molar-refractivity contribution in [2.45, 2.75) is 25.4 Å². The van der Waals surface area contributed by atoms with Gasteiger partial charge in [-0.15, -0.1) is 0 Å². The second kappa shape index (κ2) is 6.83. The van der Waals surface area contributed by atoms with Crippen LogP contribution in [0, 0.1) is 0 Å². The lowest BCUT2D eigenvalue weighted by molar-refractivity contribution is 0.208. The molecule has 1 aliphatic rings. The predicted octanol–water partition coefficient (Wildman–Crippen LogP) is 4.29. The SMILES string of the molecule is Clc1ccc(CN2CCC[C@@H](Nc3ccc4[nH]ncc4c3)C2)cc1. The molecule has 5 heteroatoms. The molecule has 4 rings (SSSR count). The van der Waals surface area contributed by atoms with Crippen molar-refractivity contribution in [3.8, 4) is 0 Å². The fourth-order valence-corrected chi connectivity index (χ4v) is 3.56. The molecule has 0 saturated carbocycles. The molecule has 3 aromatic rings. The van der Waals surface area contributed by atoms with Crippen molar-refractivity contribution in [1.29, 1.82) is 0 Å². The number of halogens is 1. The average molecular weight is 341 g/mol. The molecule has 1 aromatic heterocycles. The summed E-state index contributed by atoms with van der Waals surface area (Å²) in [6.07, 6.45) is 4.30. The molecule has 0 bridgehead atoms. The lowest BCUT2D eigenvalue weighted by atomic mass is 10.0. The summed E-state index contributed by atoms with van der Waals surface area (Å²) in [5.41, 5.74) is 3.57. The number of hydrogen-bond acceptors (Lipinski definition) is 3. The molecule has 0 unspecified atom stereocenters. The summed E-state index contributed by atoms with van der Waals surface area (Å²) < 4.78 is 0. The average Bonchev–Trinajstić information content (AvgIpc) is 3.05.